The second kappa shape index (κ2) is 7.65. The van der Waals surface area contributed by atoms with E-state index in [1.165, 1.54) is 0 Å². The van der Waals surface area contributed by atoms with Gasteiger partial charge in [0.05, 0.1) is 6.61 Å². The van der Waals surface area contributed by atoms with Crippen LogP contribution in [-0.2, 0) is 4.79 Å². The molecule has 0 aromatic heterocycles. The highest BCUT2D eigenvalue weighted by atomic mass is 16.5. The molecule has 0 spiro atoms. The van der Waals surface area contributed by atoms with Gasteiger partial charge in [-0.1, -0.05) is 12.1 Å². The fourth-order valence-electron chi connectivity index (χ4n) is 2.45. The van der Waals surface area contributed by atoms with Crippen LogP contribution >= 0.6 is 0 Å². The number of nitrogens with zero attached hydrogens (tertiary/aromatic N) is 1. The second-order valence-corrected chi connectivity index (χ2v) is 5.06. The topological polar surface area (TPSA) is 99.1 Å². The van der Waals surface area contributed by atoms with Gasteiger partial charge in [0.2, 0.25) is 5.91 Å². The Morgan fingerprint density at radius 2 is 1.86 bits per heavy atom. The van der Waals surface area contributed by atoms with Gasteiger partial charge < -0.3 is 25.2 Å². The Balaban J connectivity index is 2.13. The molecule has 2 amide bonds. The number of hydrogen-bond donors (Lipinski definition) is 3. The average molecular weight is 308 g/mol. The molecule has 0 bridgehead atoms. The summed E-state index contributed by atoms with van der Waals surface area (Å²) in [5, 5.41) is 20.0. The van der Waals surface area contributed by atoms with Crippen LogP contribution in [0.1, 0.15) is 24.4 Å². The van der Waals surface area contributed by atoms with Crippen LogP contribution in [-0.4, -0.2) is 53.4 Å². The van der Waals surface area contributed by atoms with Gasteiger partial charge in [0.15, 0.2) is 0 Å². The molecule has 1 aromatic rings. The second-order valence-electron chi connectivity index (χ2n) is 5.06. The quantitative estimate of drug-likeness (QED) is 0.728. The largest absolute Gasteiger partial charge is 0.491 e. The number of carboxylic acid groups (broad SMARTS) is 1. The summed E-state index contributed by atoms with van der Waals surface area (Å²) in [5.41, 5.74) is 0.565. The molecule has 1 aliphatic rings. The summed E-state index contributed by atoms with van der Waals surface area (Å²) in [6, 6.07) is 5.70. The summed E-state index contributed by atoms with van der Waals surface area (Å²) in [4.78, 5) is 25.1. The smallest absolute Gasteiger partial charge is 0.405 e. The maximum Gasteiger partial charge on any atom is 0.405 e. The summed E-state index contributed by atoms with van der Waals surface area (Å²) < 4.78 is 5.25. The normalized spacial score (nSPS) is 15.4. The number of aliphatic hydroxyl groups is 1. The van der Waals surface area contributed by atoms with E-state index in [0.717, 1.165) is 12.8 Å². The molecule has 2 rings (SSSR count). The van der Waals surface area contributed by atoms with Crippen LogP contribution in [0.25, 0.3) is 0 Å². The van der Waals surface area contributed by atoms with Crippen molar-refractivity contribution in [3.8, 4) is 5.75 Å². The van der Waals surface area contributed by atoms with Crippen LogP contribution < -0.4 is 10.1 Å². The number of ether oxygens (including phenoxy) is 1. The van der Waals surface area contributed by atoms with Crippen molar-refractivity contribution in [3.63, 3.8) is 0 Å². The van der Waals surface area contributed by atoms with Crippen LogP contribution in [0.2, 0.25) is 0 Å². The van der Waals surface area contributed by atoms with Gasteiger partial charge in [0.1, 0.15) is 18.4 Å². The molecule has 22 heavy (non-hydrogen) atoms. The van der Waals surface area contributed by atoms with Crippen molar-refractivity contribution in [2.75, 3.05) is 26.3 Å². The third kappa shape index (κ3) is 4.11. The zero-order valence-corrected chi connectivity index (χ0v) is 12.2. The van der Waals surface area contributed by atoms with E-state index in [1.54, 1.807) is 29.2 Å². The van der Waals surface area contributed by atoms with Crippen molar-refractivity contribution in [1.29, 1.82) is 0 Å². The number of carbonyl (C=O) groups excluding carboxylic acids is 1. The van der Waals surface area contributed by atoms with E-state index < -0.39 is 12.1 Å². The van der Waals surface area contributed by atoms with Crippen molar-refractivity contribution >= 4 is 12.0 Å². The third-order valence-electron chi connectivity index (χ3n) is 3.51. The van der Waals surface area contributed by atoms with Gasteiger partial charge in [-0.15, -0.1) is 0 Å². The van der Waals surface area contributed by atoms with Gasteiger partial charge in [-0.3, -0.25) is 4.79 Å². The number of benzene rings is 1. The number of carbonyl (C=O) groups is 2. The standard InChI is InChI=1S/C15H20N2O5/c18-9-10-22-12-5-3-11(4-6-12)13(16-15(20)21)14(19)17-7-1-2-8-17/h3-6,13,16,18H,1-2,7-10H2,(H,20,21). The van der Waals surface area contributed by atoms with Gasteiger partial charge in [-0.2, -0.15) is 0 Å². The minimum Gasteiger partial charge on any atom is -0.491 e. The van der Waals surface area contributed by atoms with Crippen molar-refractivity contribution < 1.29 is 24.5 Å². The Bertz CT molecular complexity index is 511. The van der Waals surface area contributed by atoms with Crippen LogP contribution in [0.4, 0.5) is 4.79 Å². The third-order valence-corrected chi connectivity index (χ3v) is 3.51. The molecule has 1 saturated heterocycles. The lowest BCUT2D eigenvalue weighted by molar-refractivity contribution is -0.132. The van der Waals surface area contributed by atoms with E-state index in [-0.39, 0.29) is 19.1 Å². The monoisotopic (exact) mass is 308 g/mol. The van der Waals surface area contributed by atoms with Gasteiger partial charge in [0.25, 0.3) is 0 Å². The van der Waals surface area contributed by atoms with E-state index in [9.17, 15) is 9.59 Å². The van der Waals surface area contributed by atoms with Crippen LogP contribution in [0.15, 0.2) is 24.3 Å². The molecule has 0 aliphatic carbocycles. The first-order valence-corrected chi connectivity index (χ1v) is 7.23. The number of amides is 2. The summed E-state index contributed by atoms with van der Waals surface area (Å²) >= 11 is 0. The SMILES string of the molecule is O=C(O)NC(C(=O)N1CCCC1)c1ccc(OCCO)cc1. The Labute approximate surface area is 128 Å². The minimum absolute atomic E-state index is 0.0849. The first-order chi connectivity index (χ1) is 10.6. The number of hydrogen-bond acceptors (Lipinski definition) is 4. The molecule has 7 heteroatoms. The molecule has 120 valence electrons. The molecular formula is C15H20N2O5. The fraction of sp³-hybridized carbons (Fsp3) is 0.467. The molecule has 1 aromatic carbocycles. The maximum atomic E-state index is 12.5. The summed E-state index contributed by atoms with van der Waals surface area (Å²) in [6.45, 7) is 1.42. The molecule has 7 nitrogen and oxygen atoms in total. The van der Waals surface area contributed by atoms with E-state index in [4.69, 9.17) is 14.9 Å². The lowest BCUT2D eigenvalue weighted by Crippen LogP contribution is -2.41. The summed E-state index contributed by atoms with van der Waals surface area (Å²) in [7, 11) is 0. The molecule has 1 unspecified atom stereocenters. The minimum atomic E-state index is -1.24. The predicted molar refractivity (Wildman–Crippen MR) is 78.7 cm³/mol. The number of aliphatic hydroxyl groups excluding tert-OH is 1. The first-order valence-electron chi connectivity index (χ1n) is 7.23. The molecule has 1 heterocycles. The van der Waals surface area contributed by atoms with Crippen LogP contribution in [0.3, 0.4) is 0 Å². The Hall–Kier alpha value is -2.28. The number of likely N-dealkylation sites (tertiary alicyclic amines) is 1. The number of nitrogens with one attached hydrogen (secondary N) is 1. The highest BCUT2D eigenvalue weighted by Crippen LogP contribution is 2.22. The summed E-state index contributed by atoms with van der Waals surface area (Å²) in [5.74, 6) is 0.324. The Morgan fingerprint density at radius 3 is 2.41 bits per heavy atom. The van der Waals surface area contributed by atoms with E-state index in [1.807, 2.05) is 0 Å². The van der Waals surface area contributed by atoms with Crippen molar-refractivity contribution in [3.05, 3.63) is 29.8 Å². The molecular weight excluding hydrogens is 288 g/mol. The molecule has 0 radical (unpaired) electrons. The number of rotatable bonds is 6. The molecule has 1 aliphatic heterocycles. The van der Waals surface area contributed by atoms with Crippen LogP contribution in [0.5, 0.6) is 5.75 Å². The van der Waals surface area contributed by atoms with E-state index >= 15 is 0 Å². The average Bonchev–Trinajstić information content (AvgIpc) is 3.05. The zero-order chi connectivity index (χ0) is 15.9. The lowest BCUT2D eigenvalue weighted by atomic mass is 10.1. The zero-order valence-electron chi connectivity index (χ0n) is 12.2. The predicted octanol–water partition coefficient (Wildman–Crippen LogP) is 0.989. The fourth-order valence-corrected chi connectivity index (χ4v) is 2.45. The molecule has 3 N–H and O–H groups in total. The van der Waals surface area contributed by atoms with Crippen molar-refractivity contribution in [1.82, 2.24) is 10.2 Å². The van der Waals surface area contributed by atoms with Gasteiger partial charge >= 0.3 is 6.09 Å². The van der Waals surface area contributed by atoms with Crippen molar-refractivity contribution in [2.24, 2.45) is 0 Å². The van der Waals surface area contributed by atoms with E-state index in [0.29, 0.717) is 24.4 Å². The van der Waals surface area contributed by atoms with Gasteiger partial charge in [-0.05, 0) is 30.5 Å². The first kappa shape index (κ1) is 16.1. The van der Waals surface area contributed by atoms with Crippen LogP contribution in [0, 0.1) is 0 Å². The Morgan fingerprint density at radius 1 is 1.23 bits per heavy atom. The Kier molecular flexibility index (Phi) is 5.60. The molecule has 1 fully saturated rings. The maximum absolute atomic E-state index is 12.5. The molecule has 1 atom stereocenters. The lowest BCUT2D eigenvalue weighted by Gasteiger charge is -2.23. The summed E-state index contributed by atoms with van der Waals surface area (Å²) in [6.07, 6.45) is 0.650. The van der Waals surface area contributed by atoms with Gasteiger partial charge in [0, 0.05) is 13.1 Å². The highest BCUT2D eigenvalue weighted by molar-refractivity contribution is 5.86. The van der Waals surface area contributed by atoms with Crippen molar-refractivity contribution in [2.45, 2.75) is 18.9 Å². The molecule has 0 saturated carbocycles. The van der Waals surface area contributed by atoms with Gasteiger partial charge in [-0.25, -0.2) is 4.79 Å². The highest BCUT2D eigenvalue weighted by Gasteiger charge is 2.29. The van der Waals surface area contributed by atoms with E-state index in [2.05, 4.69) is 5.32 Å².